The van der Waals surface area contributed by atoms with E-state index in [1.165, 1.54) is 0 Å². The van der Waals surface area contributed by atoms with E-state index in [2.05, 4.69) is 39.3 Å². The third kappa shape index (κ3) is 1.91. The smallest absolute Gasteiger partial charge is 0.224 e. The van der Waals surface area contributed by atoms with Gasteiger partial charge in [-0.2, -0.15) is 10.1 Å². The lowest BCUT2D eigenvalue weighted by molar-refractivity contribution is 0.638. The maximum atomic E-state index is 4.45. The van der Waals surface area contributed by atoms with Crippen LogP contribution in [0.4, 0.5) is 5.95 Å². The summed E-state index contributed by atoms with van der Waals surface area (Å²) in [5.41, 5.74) is 1.85. The number of fused-ring (bicyclic) bond motifs is 1. The van der Waals surface area contributed by atoms with Gasteiger partial charge in [-0.05, 0) is 12.3 Å². The normalized spacial score (nSPS) is 11.2. The molecule has 5 nitrogen and oxygen atoms in total. The molecule has 0 atom stereocenters. The van der Waals surface area contributed by atoms with E-state index in [1.54, 1.807) is 6.20 Å². The molecule has 0 aliphatic rings. The van der Waals surface area contributed by atoms with Crippen LogP contribution in [0.2, 0.25) is 0 Å². The van der Waals surface area contributed by atoms with E-state index in [1.807, 2.05) is 7.05 Å². The second-order valence-electron chi connectivity index (χ2n) is 3.97. The zero-order valence-electron chi connectivity index (χ0n) is 9.20. The molecule has 0 bridgehead atoms. The zero-order valence-corrected chi connectivity index (χ0v) is 9.20. The molecule has 2 rings (SSSR count). The Bertz CT molecular complexity index is 460. The molecule has 0 radical (unpaired) electrons. The minimum atomic E-state index is 0.572. The quantitative estimate of drug-likeness (QED) is 0.798. The Balaban J connectivity index is 2.53. The predicted molar refractivity (Wildman–Crippen MR) is 59.8 cm³/mol. The highest BCUT2D eigenvalue weighted by Gasteiger charge is 2.09. The summed E-state index contributed by atoms with van der Waals surface area (Å²) < 4.78 is 0. The lowest BCUT2D eigenvalue weighted by Crippen LogP contribution is -2.03. The van der Waals surface area contributed by atoms with Gasteiger partial charge < -0.3 is 5.32 Å². The Morgan fingerprint density at radius 2 is 2.20 bits per heavy atom. The summed E-state index contributed by atoms with van der Waals surface area (Å²) in [5.74, 6) is 1.21. The third-order valence-corrected chi connectivity index (χ3v) is 2.21. The summed E-state index contributed by atoms with van der Waals surface area (Å²) in [4.78, 5) is 8.73. The summed E-state index contributed by atoms with van der Waals surface area (Å²) in [6, 6.07) is 0. The second-order valence-corrected chi connectivity index (χ2v) is 3.97. The molecule has 0 saturated heterocycles. The van der Waals surface area contributed by atoms with Crippen molar-refractivity contribution in [2.75, 3.05) is 12.4 Å². The first-order chi connectivity index (χ1) is 7.20. The third-order valence-electron chi connectivity index (χ3n) is 2.21. The molecule has 0 fully saturated rings. The molecule has 2 N–H and O–H groups in total. The number of hydrogen-bond acceptors (Lipinski definition) is 4. The van der Waals surface area contributed by atoms with E-state index in [0.29, 0.717) is 11.9 Å². The average molecular weight is 205 g/mol. The Morgan fingerprint density at radius 1 is 1.40 bits per heavy atom. The van der Waals surface area contributed by atoms with Crippen molar-refractivity contribution >= 4 is 17.0 Å². The summed E-state index contributed by atoms with van der Waals surface area (Å²) in [5, 5.41) is 10.8. The van der Waals surface area contributed by atoms with Crippen LogP contribution in [-0.2, 0) is 6.42 Å². The second kappa shape index (κ2) is 3.84. The Labute approximate surface area is 88.3 Å². The van der Waals surface area contributed by atoms with E-state index in [0.717, 1.165) is 23.1 Å². The highest BCUT2D eigenvalue weighted by atomic mass is 15.2. The average Bonchev–Trinajstić information content (AvgIpc) is 2.64. The van der Waals surface area contributed by atoms with Crippen LogP contribution in [0.3, 0.4) is 0 Å². The van der Waals surface area contributed by atoms with Crippen LogP contribution in [0.5, 0.6) is 0 Å². The van der Waals surface area contributed by atoms with Gasteiger partial charge in [0, 0.05) is 7.05 Å². The molecule has 15 heavy (non-hydrogen) atoms. The summed E-state index contributed by atoms with van der Waals surface area (Å²) in [6.45, 7) is 4.35. The Morgan fingerprint density at radius 3 is 2.87 bits per heavy atom. The fraction of sp³-hybridized carbons (Fsp3) is 0.500. The molecule has 5 heteroatoms. The van der Waals surface area contributed by atoms with E-state index >= 15 is 0 Å². The first-order valence-corrected chi connectivity index (χ1v) is 5.08. The first kappa shape index (κ1) is 9.89. The molecule has 2 aromatic heterocycles. The van der Waals surface area contributed by atoms with Crippen molar-refractivity contribution in [1.82, 2.24) is 20.2 Å². The highest BCUT2D eigenvalue weighted by molar-refractivity contribution is 5.77. The van der Waals surface area contributed by atoms with Crippen LogP contribution in [0, 0.1) is 5.92 Å². The molecule has 2 aromatic rings. The van der Waals surface area contributed by atoms with Crippen LogP contribution >= 0.6 is 0 Å². The number of H-pyrrole nitrogens is 1. The van der Waals surface area contributed by atoms with Gasteiger partial charge in [-0.1, -0.05) is 13.8 Å². The molecule has 0 saturated carbocycles. The molecule has 0 amide bonds. The summed E-state index contributed by atoms with van der Waals surface area (Å²) >= 11 is 0. The molecule has 80 valence electrons. The number of anilines is 1. The summed E-state index contributed by atoms with van der Waals surface area (Å²) in [7, 11) is 1.82. The van der Waals surface area contributed by atoms with Gasteiger partial charge in [0.15, 0.2) is 5.65 Å². The van der Waals surface area contributed by atoms with Crippen LogP contribution in [0.25, 0.3) is 11.0 Å². The van der Waals surface area contributed by atoms with Crippen molar-refractivity contribution in [2.45, 2.75) is 20.3 Å². The Hall–Kier alpha value is -1.65. The van der Waals surface area contributed by atoms with Crippen LogP contribution < -0.4 is 5.32 Å². The number of aromatic amines is 1. The van der Waals surface area contributed by atoms with Gasteiger partial charge in [-0.15, -0.1) is 0 Å². The van der Waals surface area contributed by atoms with E-state index in [-0.39, 0.29) is 0 Å². The molecular formula is C10H15N5. The van der Waals surface area contributed by atoms with Crippen molar-refractivity contribution in [2.24, 2.45) is 5.92 Å². The van der Waals surface area contributed by atoms with Crippen molar-refractivity contribution in [3.8, 4) is 0 Å². The molecule has 0 aromatic carbocycles. The topological polar surface area (TPSA) is 66.5 Å². The van der Waals surface area contributed by atoms with Gasteiger partial charge in [-0.3, -0.25) is 5.10 Å². The van der Waals surface area contributed by atoms with Crippen LogP contribution in [0.1, 0.15) is 19.5 Å². The molecular weight excluding hydrogens is 190 g/mol. The lowest BCUT2D eigenvalue weighted by atomic mass is 10.1. The molecule has 0 unspecified atom stereocenters. The number of nitrogens with zero attached hydrogens (tertiary/aromatic N) is 3. The highest BCUT2D eigenvalue weighted by Crippen LogP contribution is 2.17. The predicted octanol–water partition coefficient (Wildman–Crippen LogP) is 1.59. The van der Waals surface area contributed by atoms with E-state index < -0.39 is 0 Å². The van der Waals surface area contributed by atoms with Gasteiger partial charge in [0.05, 0.1) is 17.3 Å². The number of aromatic nitrogens is 4. The van der Waals surface area contributed by atoms with Crippen LogP contribution in [0.15, 0.2) is 6.20 Å². The molecule has 0 aliphatic heterocycles. The standard InChI is InChI=1S/C10H15N5/c1-6(2)4-8-7-5-12-15-9(7)14-10(11-3)13-8/h5-6H,4H2,1-3H3,(H2,11,12,13,14,15). The SMILES string of the molecule is CNc1nc(CC(C)C)c2cn[nH]c2n1. The monoisotopic (exact) mass is 205 g/mol. The van der Waals surface area contributed by atoms with Gasteiger partial charge in [0.2, 0.25) is 5.95 Å². The van der Waals surface area contributed by atoms with Gasteiger partial charge >= 0.3 is 0 Å². The maximum absolute atomic E-state index is 4.45. The fourth-order valence-electron chi connectivity index (χ4n) is 1.55. The number of hydrogen-bond donors (Lipinski definition) is 2. The van der Waals surface area contributed by atoms with Crippen molar-refractivity contribution < 1.29 is 0 Å². The fourth-order valence-corrected chi connectivity index (χ4v) is 1.55. The van der Waals surface area contributed by atoms with E-state index in [4.69, 9.17) is 0 Å². The van der Waals surface area contributed by atoms with Gasteiger partial charge in [0.25, 0.3) is 0 Å². The van der Waals surface area contributed by atoms with Crippen molar-refractivity contribution in [1.29, 1.82) is 0 Å². The van der Waals surface area contributed by atoms with E-state index in [9.17, 15) is 0 Å². The lowest BCUT2D eigenvalue weighted by Gasteiger charge is -2.06. The maximum Gasteiger partial charge on any atom is 0.224 e. The van der Waals surface area contributed by atoms with Crippen molar-refractivity contribution in [3.05, 3.63) is 11.9 Å². The van der Waals surface area contributed by atoms with Gasteiger partial charge in [-0.25, -0.2) is 4.98 Å². The molecule has 0 aliphatic carbocycles. The zero-order chi connectivity index (χ0) is 10.8. The number of rotatable bonds is 3. The number of nitrogens with one attached hydrogen (secondary N) is 2. The first-order valence-electron chi connectivity index (χ1n) is 5.08. The minimum absolute atomic E-state index is 0.572. The summed E-state index contributed by atoms with van der Waals surface area (Å²) in [6.07, 6.45) is 2.72. The molecule has 0 spiro atoms. The van der Waals surface area contributed by atoms with Gasteiger partial charge in [0.1, 0.15) is 0 Å². The van der Waals surface area contributed by atoms with Crippen molar-refractivity contribution in [3.63, 3.8) is 0 Å². The molecule has 2 heterocycles. The Kier molecular flexibility index (Phi) is 2.53. The van der Waals surface area contributed by atoms with Crippen LogP contribution in [-0.4, -0.2) is 27.2 Å². The largest absolute Gasteiger partial charge is 0.357 e. The minimum Gasteiger partial charge on any atom is -0.357 e.